The van der Waals surface area contributed by atoms with Crippen LogP contribution in [0.4, 0.5) is 0 Å². The van der Waals surface area contributed by atoms with E-state index in [4.69, 9.17) is 0 Å². The summed E-state index contributed by atoms with van der Waals surface area (Å²) in [5, 5.41) is 0. The Morgan fingerprint density at radius 1 is 1.31 bits per heavy atom. The molecule has 0 aromatic rings. The second kappa shape index (κ2) is 5.03. The topological polar surface area (TPSA) is 20.3 Å². The SMILES string of the molecule is C=C(C)CC1CCCN(C(=O)C2CCC2)C1. The number of carbonyl (C=O) groups is 1. The summed E-state index contributed by atoms with van der Waals surface area (Å²) in [4.78, 5) is 14.2. The Kier molecular flexibility index (Phi) is 3.67. The van der Waals surface area contributed by atoms with Crippen molar-refractivity contribution in [2.75, 3.05) is 13.1 Å². The number of amides is 1. The molecule has 2 nitrogen and oxygen atoms in total. The molecule has 1 amide bonds. The summed E-state index contributed by atoms with van der Waals surface area (Å²) >= 11 is 0. The van der Waals surface area contributed by atoms with Crippen molar-refractivity contribution in [2.45, 2.75) is 45.4 Å². The Labute approximate surface area is 98.7 Å². The minimum atomic E-state index is 0.364. The number of hydrogen-bond donors (Lipinski definition) is 0. The van der Waals surface area contributed by atoms with E-state index in [1.165, 1.54) is 24.8 Å². The molecule has 1 atom stereocenters. The molecule has 0 aromatic carbocycles. The van der Waals surface area contributed by atoms with E-state index < -0.39 is 0 Å². The van der Waals surface area contributed by atoms with Crippen molar-refractivity contribution < 1.29 is 4.79 Å². The molecule has 2 fully saturated rings. The van der Waals surface area contributed by atoms with Crippen LogP contribution in [0.15, 0.2) is 12.2 Å². The zero-order chi connectivity index (χ0) is 11.5. The second-order valence-electron chi connectivity index (χ2n) is 5.58. The highest BCUT2D eigenvalue weighted by Gasteiger charge is 2.31. The van der Waals surface area contributed by atoms with Gasteiger partial charge in [-0.15, -0.1) is 6.58 Å². The van der Waals surface area contributed by atoms with Crippen molar-refractivity contribution in [3.8, 4) is 0 Å². The van der Waals surface area contributed by atoms with Crippen LogP contribution in [0.3, 0.4) is 0 Å². The molecule has 1 saturated heterocycles. The van der Waals surface area contributed by atoms with Crippen LogP contribution < -0.4 is 0 Å². The molecule has 2 rings (SSSR count). The minimum absolute atomic E-state index is 0.364. The Bertz CT molecular complexity index is 280. The fourth-order valence-electron chi connectivity index (χ4n) is 2.84. The number of rotatable bonds is 3. The average molecular weight is 221 g/mol. The maximum absolute atomic E-state index is 12.1. The Hall–Kier alpha value is -0.790. The van der Waals surface area contributed by atoms with Crippen LogP contribution in [-0.4, -0.2) is 23.9 Å². The molecule has 1 aliphatic heterocycles. The van der Waals surface area contributed by atoms with Crippen LogP contribution in [0.1, 0.15) is 45.4 Å². The fourth-order valence-corrected chi connectivity index (χ4v) is 2.84. The van der Waals surface area contributed by atoms with E-state index in [0.29, 0.717) is 17.7 Å². The third-order valence-corrected chi connectivity index (χ3v) is 3.92. The highest BCUT2D eigenvalue weighted by atomic mass is 16.2. The molecule has 90 valence electrons. The number of likely N-dealkylation sites (tertiary alicyclic amines) is 1. The molecule has 1 saturated carbocycles. The second-order valence-corrected chi connectivity index (χ2v) is 5.58. The summed E-state index contributed by atoms with van der Waals surface area (Å²) in [6.45, 7) is 8.03. The average Bonchev–Trinajstić information content (AvgIpc) is 2.14. The number of hydrogen-bond acceptors (Lipinski definition) is 1. The molecule has 0 bridgehead atoms. The van der Waals surface area contributed by atoms with Crippen LogP contribution >= 0.6 is 0 Å². The quantitative estimate of drug-likeness (QED) is 0.671. The van der Waals surface area contributed by atoms with E-state index in [9.17, 15) is 4.79 Å². The maximum Gasteiger partial charge on any atom is 0.225 e. The van der Waals surface area contributed by atoms with E-state index in [1.807, 2.05) is 0 Å². The van der Waals surface area contributed by atoms with E-state index >= 15 is 0 Å². The summed E-state index contributed by atoms with van der Waals surface area (Å²) in [7, 11) is 0. The lowest BCUT2D eigenvalue weighted by molar-refractivity contribution is -0.140. The van der Waals surface area contributed by atoms with Gasteiger partial charge in [-0.3, -0.25) is 4.79 Å². The summed E-state index contributed by atoms with van der Waals surface area (Å²) in [5.41, 5.74) is 1.25. The summed E-state index contributed by atoms with van der Waals surface area (Å²) in [6.07, 6.45) is 7.03. The molecule has 0 aromatic heterocycles. The predicted molar refractivity (Wildman–Crippen MR) is 66.1 cm³/mol. The first-order valence-electron chi connectivity index (χ1n) is 6.60. The van der Waals surface area contributed by atoms with Gasteiger partial charge < -0.3 is 4.90 Å². The maximum atomic E-state index is 12.1. The molecule has 0 N–H and O–H groups in total. The minimum Gasteiger partial charge on any atom is -0.342 e. The van der Waals surface area contributed by atoms with Gasteiger partial charge in [0.05, 0.1) is 0 Å². The van der Waals surface area contributed by atoms with E-state index in [0.717, 1.165) is 32.4 Å². The van der Waals surface area contributed by atoms with Crippen LogP contribution in [0.25, 0.3) is 0 Å². The van der Waals surface area contributed by atoms with E-state index in [2.05, 4.69) is 18.4 Å². The van der Waals surface area contributed by atoms with Gasteiger partial charge in [0.1, 0.15) is 0 Å². The molecule has 2 heteroatoms. The normalized spacial score (nSPS) is 26.3. The summed E-state index contributed by atoms with van der Waals surface area (Å²) in [5.74, 6) is 1.46. The van der Waals surface area contributed by atoms with Crippen LogP contribution in [0.2, 0.25) is 0 Å². The number of carbonyl (C=O) groups excluding carboxylic acids is 1. The lowest BCUT2D eigenvalue weighted by Crippen LogP contribution is -2.44. The summed E-state index contributed by atoms with van der Waals surface area (Å²) < 4.78 is 0. The van der Waals surface area contributed by atoms with Gasteiger partial charge in [-0.1, -0.05) is 12.0 Å². The van der Waals surface area contributed by atoms with Gasteiger partial charge in [-0.25, -0.2) is 0 Å². The lowest BCUT2D eigenvalue weighted by atomic mass is 9.83. The van der Waals surface area contributed by atoms with Crippen LogP contribution in [0.5, 0.6) is 0 Å². The van der Waals surface area contributed by atoms with E-state index in [-0.39, 0.29) is 0 Å². The highest BCUT2D eigenvalue weighted by Crippen LogP contribution is 2.30. The molecule has 1 heterocycles. The van der Waals surface area contributed by atoms with E-state index in [1.54, 1.807) is 0 Å². The molecule has 1 aliphatic carbocycles. The van der Waals surface area contributed by atoms with Gasteiger partial charge in [-0.2, -0.15) is 0 Å². The molecule has 16 heavy (non-hydrogen) atoms. The summed E-state index contributed by atoms with van der Waals surface area (Å²) in [6, 6.07) is 0. The lowest BCUT2D eigenvalue weighted by Gasteiger charge is -2.37. The molecular formula is C14H23NO. The van der Waals surface area contributed by atoms with Crippen LogP contribution in [-0.2, 0) is 4.79 Å². The zero-order valence-corrected chi connectivity index (χ0v) is 10.4. The predicted octanol–water partition coefficient (Wildman–Crippen LogP) is 2.99. The van der Waals surface area contributed by atoms with Crippen molar-refractivity contribution in [3.05, 3.63) is 12.2 Å². The van der Waals surface area contributed by atoms with Gasteiger partial charge >= 0.3 is 0 Å². The molecular weight excluding hydrogens is 198 g/mol. The Morgan fingerprint density at radius 2 is 2.06 bits per heavy atom. The largest absolute Gasteiger partial charge is 0.342 e. The molecule has 0 spiro atoms. The van der Waals surface area contributed by atoms with Crippen molar-refractivity contribution in [2.24, 2.45) is 11.8 Å². The zero-order valence-electron chi connectivity index (χ0n) is 10.4. The third-order valence-electron chi connectivity index (χ3n) is 3.92. The molecule has 2 aliphatic rings. The van der Waals surface area contributed by atoms with Crippen molar-refractivity contribution >= 4 is 5.91 Å². The first-order chi connectivity index (χ1) is 7.66. The first kappa shape index (κ1) is 11.7. The van der Waals surface area contributed by atoms with Crippen molar-refractivity contribution in [3.63, 3.8) is 0 Å². The van der Waals surface area contributed by atoms with Gasteiger partial charge in [-0.05, 0) is 44.9 Å². The van der Waals surface area contributed by atoms with Crippen LogP contribution in [0, 0.1) is 11.8 Å². The molecule has 1 unspecified atom stereocenters. The Balaban J connectivity index is 1.85. The Morgan fingerprint density at radius 3 is 2.62 bits per heavy atom. The number of allylic oxidation sites excluding steroid dienone is 1. The monoisotopic (exact) mass is 221 g/mol. The number of nitrogens with zero attached hydrogens (tertiary/aromatic N) is 1. The molecule has 0 radical (unpaired) electrons. The smallest absolute Gasteiger partial charge is 0.225 e. The third kappa shape index (κ3) is 2.66. The number of piperidine rings is 1. The first-order valence-corrected chi connectivity index (χ1v) is 6.60. The van der Waals surface area contributed by atoms with Crippen molar-refractivity contribution in [1.29, 1.82) is 0 Å². The van der Waals surface area contributed by atoms with Gasteiger partial charge in [0.2, 0.25) is 5.91 Å². The van der Waals surface area contributed by atoms with Gasteiger partial charge in [0, 0.05) is 19.0 Å². The van der Waals surface area contributed by atoms with Gasteiger partial charge in [0.15, 0.2) is 0 Å². The standard InChI is InChI=1S/C14H23NO/c1-11(2)9-12-5-4-8-15(10-12)14(16)13-6-3-7-13/h12-13H,1,3-10H2,2H3. The highest BCUT2D eigenvalue weighted by molar-refractivity contribution is 5.79. The van der Waals surface area contributed by atoms with Crippen molar-refractivity contribution in [1.82, 2.24) is 4.90 Å². The van der Waals surface area contributed by atoms with Gasteiger partial charge in [0.25, 0.3) is 0 Å². The fraction of sp³-hybridized carbons (Fsp3) is 0.786.